The molecular formula is C17H22F3NO4. The van der Waals surface area contributed by atoms with Crippen molar-refractivity contribution in [1.82, 2.24) is 5.32 Å². The average molecular weight is 361 g/mol. The van der Waals surface area contributed by atoms with Gasteiger partial charge in [-0.3, -0.25) is 4.79 Å². The van der Waals surface area contributed by atoms with Gasteiger partial charge in [-0.1, -0.05) is 25.0 Å². The van der Waals surface area contributed by atoms with E-state index in [4.69, 9.17) is 4.74 Å². The quantitative estimate of drug-likeness (QED) is 0.783. The van der Waals surface area contributed by atoms with Crippen molar-refractivity contribution in [3.05, 3.63) is 29.8 Å². The first-order chi connectivity index (χ1) is 11.7. The van der Waals surface area contributed by atoms with E-state index in [2.05, 4.69) is 10.1 Å². The Bertz CT molecular complexity index is 586. The van der Waals surface area contributed by atoms with E-state index in [0.29, 0.717) is 18.4 Å². The van der Waals surface area contributed by atoms with E-state index >= 15 is 0 Å². The third-order valence-corrected chi connectivity index (χ3v) is 4.19. The van der Waals surface area contributed by atoms with Gasteiger partial charge < -0.3 is 19.9 Å². The molecule has 140 valence electrons. The van der Waals surface area contributed by atoms with Crippen LogP contribution in [-0.4, -0.2) is 36.7 Å². The van der Waals surface area contributed by atoms with Gasteiger partial charge in [-0.15, -0.1) is 13.2 Å². The largest absolute Gasteiger partial charge is 0.573 e. The van der Waals surface area contributed by atoms with Gasteiger partial charge in [-0.25, -0.2) is 0 Å². The molecule has 2 rings (SSSR count). The first-order valence-corrected chi connectivity index (χ1v) is 8.07. The zero-order valence-electron chi connectivity index (χ0n) is 13.9. The van der Waals surface area contributed by atoms with E-state index < -0.39 is 18.0 Å². The second kappa shape index (κ2) is 8.05. The Balaban J connectivity index is 2.06. The van der Waals surface area contributed by atoms with Crippen molar-refractivity contribution in [2.45, 2.75) is 50.1 Å². The van der Waals surface area contributed by atoms with Crippen molar-refractivity contribution in [3.8, 4) is 5.75 Å². The molecule has 1 unspecified atom stereocenters. The molecule has 1 amide bonds. The molecule has 8 heteroatoms. The zero-order valence-corrected chi connectivity index (χ0v) is 13.9. The van der Waals surface area contributed by atoms with Crippen LogP contribution in [0.1, 0.15) is 43.7 Å². The van der Waals surface area contributed by atoms with Crippen molar-refractivity contribution in [1.29, 1.82) is 0 Å². The number of hydrogen-bond acceptors (Lipinski definition) is 4. The zero-order chi connectivity index (χ0) is 18.5. The van der Waals surface area contributed by atoms with Crippen molar-refractivity contribution >= 4 is 5.91 Å². The summed E-state index contributed by atoms with van der Waals surface area (Å²) in [6.45, 7) is 0.0830. The summed E-state index contributed by atoms with van der Waals surface area (Å²) in [5.41, 5.74) is -0.571. The Hall–Kier alpha value is -1.80. The van der Waals surface area contributed by atoms with Crippen LogP contribution in [0.3, 0.4) is 0 Å². The summed E-state index contributed by atoms with van der Waals surface area (Å²) in [5, 5.41) is 13.0. The molecule has 1 aliphatic rings. The summed E-state index contributed by atoms with van der Waals surface area (Å²) in [6, 6.07) is 4.75. The molecule has 0 radical (unpaired) electrons. The van der Waals surface area contributed by atoms with Crippen LogP contribution in [0.5, 0.6) is 5.75 Å². The van der Waals surface area contributed by atoms with Crippen LogP contribution in [0.4, 0.5) is 13.2 Å². The van der Waals surface area contributed by atoms with Gasteiger partial charge in [0.15, 0.2) is 0 Å². The standard InChI is InChI=1S/C17H22F3NO4/c1-24-11-14(21-15(22)10-16(23)7-2-3-8-16)12-5-4-6-13(9-12)25-17(18,19)20/h4-6,9,14,23H,2-3,7-8,10-11H2,1H3,(H,21,22). The summed E-state index contributed by atoms with van der Waals surface area (Å²) in [6.07, 6.45) is -1.92. The molecule has 1 aromatic carbocycles. The number of carbonyl (C=O) groups is 1. The van der Waals surface area contributed by atoms with Crippen molar-refractivity contribution in [3.63, 3.8) is 0 Å². The van der Waals surface area contributed by atoms with Gasteiger partial charge in [-0.05, 0) is 30.5 Å². The molecule has 1 atom stereocenters. The molecule has 5 nitrogen and oxygen atoms in total. The molecule has 2 N–H and O–H groups in total. The maximum atomic E-state index is 12.4. The Morgan fingerprint density at radius 2 is 2.04 bits per heavy atom. The van der Waals surface area contributed by atoms with Gasteiger partial charge in [0.05, 0.1) is 24.7 Å². The Kier molecular flexibility index (Phi) is 6.29. The minimum absolute atomic E-state index is 0.0358. The fourth-order valence-electron chi connectivity index (χ4n) is 3.07. The van der Waals surface area contributed by atoms with E-state index in [1.165, 1.54) is 25.3 Å². The highest BCUT2D eigenvalue weighted by Gasteiger charge is 2.34. The Morgan fingerprint density at radius 3 is 2.64 bits per heavy atom. The molecule has 0 bridgehead atoms. The maximum absolute atomic E-state index is 12.4. The number of carbonyl (C=O) groups excluding carboxylic acids is 1. The maximum Gasteiger partial charge on any atom is 0.573 e. The first-order valence-electron chi connectivity index (χ1n) is 8.07. The lowest BCUT2D eigenvalue weighted by atomic mass is 9.97. The van der Waals surface area contributed by atoms with Crippen molar-refractivity contribution in [2.24, 2.45) is 0 Å². The lowest BCUT2D eigenvalue weighted by Crippen LogP contribution is -2.37. The summed E-state index contributed by atoms with van der Waals surface area (Å²) >= 11 is 0. The second-order valence-electron chi connectivity index (χ2n) is 6.30. The Labute approximate surface area is 144 Å². The first kappa shape index (κ1) is 19.5. The summed E-state index contributed by atoms with van der Waals surface area (Å²) in [4.78, 5) is 12.2. The lowest BCUT2D eigenvalue weighted by molar-refractivity contribution is -0.274. The minimum Gasteiger partial charge on any atom is -0.406 e. The normalized spacial score (nSPS) is 18.0. The van der Waals surface area contributed by atoms with Gasteiger partial charge in [0.1, 0.15) is 5.75 Å². The lowest BCUT2D eigenvalue weighted by Gasteiger charge is -2.24. The van der Waals surface area contributed by atoms with Gasteiger partial charge in [0, 0.05) is 7.11 Å². The number of nitrogens with one attached hydrogen (secondary N) is 1. The highest BCUT2D eigenvalue weighted by molar-refractivity contribution is 5.77. The van der Waals surface area contributed by atoms with E-state index in [9.17, 15) is 23.1 Å². The number of benzene rings is 1. The van der Waals surface area contributed by atoms with Crippen LogP contribution in [-0.2, 0) is 9.53 Å². The summed E-state index contributed by atoms with van der Waals surface area (Å²) in [5.74, 6) is -0.733. The fraction of sp³-hybridized carbons (Fsp3) is 0.588. The molecule has 0 aromatic heterocycles. The van der Waals surface area contributed by atoms with Gasteiger partial charge in [-0.2, -0.15) is 0 Å². The average Bonchev–Trinajstić information content (AvgIpc) is 2.91. The highest BCUT2D eigenvalue weighted by Crippen LogP contribution is 2.32. The van der Waals surface area contributed by atoms with Crippen LogP contribution in [0, 0.1) is 0 Å². The number of rotatable bonds is 7. The van der Waals surface area contributed by atoms with E-state index in [1.807, 2.05) is 0 Å². The summed E-state index contributed by atoms with van der Waals surface area (Å²) < 4.78 is 46.0. The number of methoxy groups -OCH3 is 1. The van der Waals surface area contributed by atoms with E-state index in [0.717, 1.165) is 12.8 Å². The number of halogens is 3. The highest BCUT2D eigenvalue weighted by atomic mass is 19.4. The van der Waals surface area contributed by atoms with E-state index in [-0.39, 0.29) is 24.7 Å². The monoisotopic (exact) mass is 361 g/mol. The number of alkyl halides is 3. The number of hydrogen-bond donors (Lipinski definition) is 2. The third kappa shape index (κ3) is 6.21. The third-order valence-electron chi connectivity index (χ3n) is 4.19. The Morgan fingerprint density at radius 1 is 1.36 bits per heavy atom. The fourth-order valence-corrected chi connectivity index (χ4v) is 3.07. The molecule has 1 saturated carbocycles. The van der Waals surface area contributed by atoms with Crippen LogP contribution >= 0.6 is 0 Å². The SMILES string of the molecule is COCC(NC(=O)CC1(O)CCCC1)c1cccc(OC(F)(F)F)c1. The van der Waals surface area contributed by atoms with Gasteiger partial charge in [0.2, 0.25) is 5.91 Å². The predicted octanol–water partition coefficient (Wildman–Crippen LogP) is 3.08. The molecular weight excluding hydrogens is 339 g/mol. The molecule has 0 aliphatic heterocycles. The van der Waals surface area contributed by atoms with Crippen molar-refractivity contribution in [2.75, 3.05) is 13.7 Å². The van der Waals surface area contributed by atoms with Crippen LogP contribution < -0.4 is 10.1 Å². The predicted molar refractivity (Wildman–Crippen MR) is 83.9 cm³/mol. The number of amides is 1. The van der Waals surface area contributed by atoms with Crippen molar-refractivity contribution < 1.29 is 32.5 Å². The van der Waals surface area contributed by atoms with E-state index in [1.54, 1.807) is 6.07 Å². The van der Waals surface area contributed by atoms with Crippen LogP contribution in [0.15, 0.2) is 24.3 Å². The van der Waals surface area contributed by atoms with Gasteiger partial charge >= 0.3 is 6.36 Å². The van der Waals surface area contributed by atoms with Crippen LogP contribution in [0.2, 0.25) is 0 Å². The molecule has 1 aromatic rings. The number of aliphatic hydroxyl groups is 1. The molecule has 1 fully saturated rings. The smallest absolute Gasteiger partial charge is 0.406 e. The summed E-state index contributed by atoms with van der Waals surface area (Å²) in [7, 11) is 1.43. The molecule has 0 heterocycles. The second-order valence-corrected chi connectivity index (χ2v) is 6.30. The minimum atomic E-state index is -4.79. The molecule has 0 saturated heterocycles. The van der Waals surface area contributed by atoms with Crippen LogP contribution in [0.25, 0.3) is 0 Å². The molecule has 0 spiro atoms. The topological polar surface area (TPSA) is 67.8 Å². The number of ether oxygens (including phenoxy) is 2. The molecule has 1 aliphatic carbocycles. The molecule has 25 heavy (non-hydrogen) atoms. The van der Waals surface area contributed by atoms with Gasteiger partial charge in [0.25, 0.3) is 0 Å².